The third kappa shape index (κ3) is 3.21. The van der Waals surface area contributed by atoms with Crippen LogP contribution in [0.4, 0.5) is 17.6 Å². The highest BCUT2D eigenvalue weighted by Crippen LogP contribution is 2.28. The van der Waals surface area contributed by atoms with Gasteiger partial charge in [-0.3, -0.25) is 4.79 Å². The van der Waals surface area contributed by atoms with E-state index in [1.165, 1.54) is 23.9 Å². The zero-order chi connectivity index (χ0) is 13.1. The molecule has 1 nitrogen and oxygen atoms in total. The standard InChI is InChI=1S/C11H10F4OS/c1-2-17-8-5-3-7(4-6-8)9(16)11(14,15)10(12)13/h3-6,10H,2H2,1H3. The fourth-order valence-electron chi connectivity index (χ4n) is 1.16. The van der Waals surface area contributed by atoms with Crippen LogP contribution in [0.15, 0.2) is 29.2 Å². The number of hydrogen-bond donors (Lipinski definition) is 0. The van der Waals surface area contributed by atoms with Gasteiger partial charge in [0.25, 0.3) is 0 Å². The van der Waals surface area contributed by atoms with Gasteiger partial charge in [-0.1, -0.05) is 19.1 Å². The summed E-state index contributed by atoms with van der Waals surface area (Å²) in [4.78, 5) is 11.9. The lowest BCUT2D eigenvalue weighted by Crippen LogP contribution is -2.36. The lowest BCUT2D eigenvalue weighted by Gasteiger charge is -2.13. The second-order valence-corrected chi connectivity index (χ2v) is 4.55. The number of benzene rings is 1. The molecule has 0 atom stereocenters. The van der Waals surface area contributed by atoms with Crippen LogP contribution in [0.5, 0.6) is 0 Å². The minimum atomic E-state index is -4.63. The molecule has 0 fully saturated rings. The van der Waals surface area contributed by atoms with Crippen LogP contribution in [0, 0.1) is 0 Å². The van der Waals surface area contributed by atoms with E-state index >= 15 is 0 Å². The number of alkyl halides is 4. The molecule has 0 heterocycles. The molecule has 1 aromatic rings. The summed E-state index contributed by atoms with van der Waals surface area (Å²) in [6.45, 7) is 1.91. The Morgan fingerprint density at radius 2 is 1.82 bits per heavy atom. The predicted octanol–water partition coefficient (Wildman–Crippen LogP) is 3.88. The number of rotatable bonds is 5. The maximum atomic E-state index is 12.8. The first kappa shape index (κ1) is 14.0. The summed E-state index contributed by atoms with van der Waals surface area (Å²) in [7, 11) is 0. The largest absolute Gasteiger partial charge is 0.368 e. The molecule has 0 bridgehead atoms. The summed E-state index contributed by atoms with van der Waals surface area (Å²) >= 11 is 1.46. The van der Waals surface area contributed by atoms with E-state index in [4.69, 9.17) is 0 Å². The Kier molecular flexibility index (Phi) is 4.56. The molecule has 17 heavy (non-hydrogen) atoms. The lowest BCUT2D eigenvalue weighted by atomic mass is 10.1. The summed E-state index contributed by atoms with van der Waals surface area (Å²) in [5.74, 6) is -5.68. The third-order valence-corrected chi connectivity index (χ3v) is 2.90. The minimum absolute atomic E-state index is 0.407. The van der Waals surface area contributed by atoms with Crippen LogP contribution in [0.25, 0.3) is 0 Å². The predicted molar refractivity (Wildman–Crippen MR) is 58.1 cm³/mol. The first-order valence-electron chi connectivity index (χ1n) is 4.83. The number of Topliss-reactive ketones (excluding diaryl/α,β-unsaturated/α-hetero) is 1. The van der Waals surface area contributed by atoms with Crippen molar-refractivity contribution in [3.8, 4) is 0 Å². The van der Waals surface area contributed by atoms with Crippen LogP contribution in [-0.2, 0) is 0 Å². The van der Waals surface area contributed by atoms with Crippen molar-refractivity contribution in [2.75, 3.05) is 5.75 Å². The van der Waals surface area contributed by atoms with Crippen molar-refractivity contribution in [2.45, 2.75) is 24.2 Å². The molecular formula is C11H10F4OS. The third-order valence-electron chi connectivity index (χ3n) is 2.00. The second-order valence-electron chi connectivity index (χ2n) is 3.21. The monoisotopic (exact) mass is 266 g/mol. The summed E-state index contributed by atoms with van der Waals surface area (Å²) in [6, 6.07) is 5.19. The molecule has 0 aliphatic rings. The molecule has 0 unspecified atom stereocenters. The first-order valence-corrected chi connectivity index (χ1v) is 5.81. The van der Waals surface area contributed by atoms with Gasteiger partial charge in [0.15, 0.2) is 0 Å². The number of hydrogen-bond acceptors (Lipinski definition) is 2. The molecule has 0 N–H and O–H groups in total. The van der Waals surface area contributed by atoms with Gasteiger partial charge < -0.3 is 0 Å². The fraction of sp³-hybridized carbons (Fsp3) is 0.364. The van der Waals surface area contributed by atoms with Crippen molar-refractivity contribution in [3.05, 3.63) is 29.8 Å². The van der Waals surface area contributed by atoms with E-state index < -0.39 is 23.7 Å². The number of carbonyl (C=O) groups excluding carboxylic acids is 1. The van der Waals surface area contributed by atoms with Crippen molar-refractivity contribution in [2.24, 2.45) is 0 Å². The van der Waals surface area contributed by atoms with E-state index in [-0.39, 0.29) is 0 Å². The molecule has 0 aromatic heterocycles. The fourth-order valence-corrected chi connectivity index (χ4v) is 1.82. The van der Waals surface area contributed by atoms with Gasteiger partial charge in [-0.25, -0.2) is 8.78 Å². The van der Waals surface area contributed by atoms with Crippen LogP contribution < -0.4 is 0 Å². The summed E-state index contributed by atoms with van der Waals surface area (Å²) in [5, 5.41) is 0. The normalized spacial score (nSPS) is 11.9. The van der Waals surface area contributed by atoms with Gasteiger partial charge in [-0.2, -0.15) is 8.78 Å². The maximum absolute atomic E-state index is 12.8. The van der Waals surface area contributed by atoms with Gasteiger partial charge in [0, 0.05) is 10.5 Å². The topological polar surface area (TPSA) is 17.1 Å². The highest BCUT2D eigenvalue weighted by Gasteiger charge is 2.48. The van der Waals surface area contributed by atoms with E-state index in [0.29, 0.717) is 0 Å². The van der Waals surface area contributed by atoms with Crippen molar-refractivity contribution in [3.63, 3.8) is 0 Å². The van der Waals surface area contributed by atoms with Crippen molar-refractivity contribution >= 4 is 17.5 Å². The van der Waals surface area contributed by atoms with Gasteiger partial charge in [0.05, 0.1) is 0 Å². The zero-order valence-electron chi connectivity index (χ0n) is 8.92. The van der Waals surface area contributed by atoms with Crippen LogP contribution in [0.3, 0.4) is 0 Å². The summed E-state index contributed by atoms with van der Waals surface area (Å²) in [5.41, 5.74) is -0.407. The molecule has 94 valence electrons. The molecule has 0 saturated heterocycles. The summed E-state index contributed by atoms with van der Waals surface area (Å²) in [6.07, 6.45) is -3.99. The van der Waals surface area contributed by atoms with Gasteiger partial charge in [-0.05, 0) is 17.9 Å². The molecule has 0 aliphatic carbocycles. The maximum Gasteiger partial charge on any atom is 0.368 e. The number of ketones is 1. The SMILES string of the molecule is CCSc1ccc(C(=O)C(F)(F)C(F)F)cc1. The molecule has 0 amide bonds. The molecule has 0 radical (unpaired) electrons. The average Bonchev–Trinajstić information content (AvgIpc) is 2.29. The Balaban J connectivity index is 2.90. The van der Waals surface area contributed by atoms with Crippen LogP contribution in [-0.4, -0.2) is 23.9 Å². The second kappa shape index (κ2) is 5.53. The Bertz CT molecular complexity index is 389. The van der Waals surface area contributed by atoms with Gasteiger partial charge >= 0.3 is 12.3 Å². The molecular weight excluding hydrogens is 256 g/mol. The Morgan fingerprint density at radius 3 is 2.24 bits per heavy atom. The lowest BCUT2D eigenvalue weighted by molar-refractivity contribution is -0.0958. The van der Waals surface area contributed by atoms with E-state index in [9.17, 15) is 22.4 Å². The Morgan fingerprint density at radius 1 is 1.29 bits per heavy atom. The molecule has 6 heteroatoms. The molecule has 1 rings (SSSR count). The zero-order valence-corrected chi connectivity index (χ0v) is 9.74. The highest BCUT2D eigenvalue weighted by atomic mass is 32.2. The average molecular weight is 266 g/mol. The molecule has 0 aliphatic heterocycles. The number of carbonyl (C=O) groups is 1. The minimum Gasteiger partial charge on any atom is -0.287 e. The Hall–Kier alpha value is -1.04. The van der Waals surface area contributed by atoms with E-state index in [1.54, 1.807) is 0 Å². The first-order chi connectivity index (χ1) is 7.89. The van der Waals surface area contributed by atoms with E-state index in [0.717, 1.165) is 22.8 Å². The van der Waals surface area contributed by atoms with E-state index in [1.807, 2.05) is 6.92 Å². The quantitative estimate of drug-likeness (QED) is 0.457. The number of thioether (sulfide) groups is 1. The smallest absolute Gasteiger partial charge is 0.287 e. The Labute approximate surface area is 100 Å². The van der Waals surface area contributed by atoms with Crippen molar-refractivity contribution < 1.29 is 22.4 Å². The summed E-state index contributed by atoms with van der Waals surface area (Å²) < 4.78 is 49.5. The van der Waals surface area contributed by atoms with Crippen LogP contribution in [0.1, 0.15) is 17.3 Å². The molecule has 0 spiro atoms. The molecule has 0 saturated carbocycles. The van der Waals surface area contributed by atoms with Gasteiger partial charge in [0.2, 0.25) is 5.78 Å². The highest BCUT2D eigenvalue weighted by molar-refractivity contribution is 7.99. The molecule has 1 aromatic carbocycles. The van der Waals surface area contributed by atoms with Crippen LogP contribution in [0.2, 0.25) is 0 Å². The van der Waals surface area contributed by atoms with Gasteiger partial charge in [-0.15, -0.1) is 11.8 Å². The number of halogens is 4. The van der Waals surface area contributed by atoms with E-state index in [2.05, 4.69) is 0 Å². The van der Waals surface area contributed by atoms with Crippen LogP contribution >= 0.6 is 11.8 Å². The van der Waals surface area contributed by atoms with Crippen molar-refractivity contribution in [1.29, 1.82) is 0 Å². The van der Waals surface area contributed by atoms with Crippen molar-refractivity contribution in [1.82, 2.24) is 0 Å². The van der Waals surface area contributed by atoms with Gasteiger partial charge in [0.1, 0.15) is 0 Å².